The van der Waals surface area contributed by atoms with E-state index in [1.807, 2.05) is 12.1 Å². The van der Waals surface area contributed by atoms with Crippen LogP contribution >= 0.6 is 11.8 Å². The molecule has 21 heavy (non-hydrogen) atoms. The number of fused-ring (bicyclic) bond motifs is 1. The molecule has 110 valence electrons. The summed E-state index contributed by atoms with van der Waals surface area (Å²) < 4.78 is 5.77. The van der Waals surface area contributed by atoms with Crippen molar-refractivity contribution in [1.29, 1.82) is 0 Å². The number of aliphatic hydroxyl groups excluding tert-OH is 1. The summed E-state index contributed by atoms with van der Waals surface area (Å²) in [6, 6.07) is 14.5. The minimum absolute atomic E-state index is 0.496. The maximum Gasteiger partial charge on any atom is 0.128 e. The van der Waals surface area contributed by atoms with Gasteiger partial charge in [-0.15, -0.1) is 11.8 Å². The first kappa shape index (κ1) is 14.5. The molecule has 3 rings (SSSR count). The second-order valence-corrected chi connectivity index (χ2v) is 6.52. The molecule has 0 amide bonds. The largest absolute Gasteiger partial charge is 0.493 e. The summed E-state index contributed by atoms with van der Waals surface area (Å²) in [5.74, 6) is 1.55. The van der Waals surface area contributed by atoms with Crippen LogP contribution < -0.4 is 4.74 Å². The molecule has 1 heterocycles. The lowest BCUT2D eigenvalue weighted by molar-refractivity contribution is 0.192. The maximum atomic E-state index is 10.5. The van der Waals surface area contributed by atoms with E-state index in [9.17, 15) is 5.11 Å². The fraction of sp³-hybridized carbons (Fsp3) is 0.333. The Morgan fingerprint density at radius 1 is 1.19 bits per heavy atom. The zero-order valence-corrected chi connectivity index (χ0v) is 13.0. The molecule has 0 aliphatic carbocycles. The molecule has 2 aromatic rings. The van der Waals surface area contributed by atoms with Crippen LogP contribution in [0.4, 0.5) is 0 Å². The normalized spacial score (nSPS) is 15.1. The van der Waals surface area contributed by atoms with Crippen molar-refractivity contribution in [1.82, 2.24) is 0 Å². The summed E-state index contributed by atoms with van der Waals surface area (Å²) >= 11 is 1.68. The number of aryl methyl sites for hydroxylation is 2. The van der Waals surface area contributed by atoms with Gasteiger partial charge in [0, 0.05) is 16.2 Å². The van der Waals surface area contributed by atoms with Crippen LogP contribution in [0.5, 0.6) is 5.75 Å². The zero-order chi connectivity index (χ0) is 14.7. The van der Waals surface area contributed by atoms with E-state index in [0.717, 1.165) is 30.8 Å². The van der Waals surface area contributed by atoms with E-state index in [4.69, 9.17) is 4.74 Å². The van der Waals surface area contributed by atoms with Crippen LogP contribution in [0.1, 0.15) is 29.2 Å². The van der Waals surface area contributed by atoms with Gasteiger partial charge in [0.1, 0.15) is 5.75 Å². The summed E-state index contributed by atoms with van der Waals surface area (Å²) in [5.41, 5.74) is 3.40. The molecule has 1 atom stereocenters. The first-order valence-corrected chi connectivity index (χ1v) is 8.35. The van der Waals surface area contributed by atoms with Gasteiger partial charge in [-0.1, -0.05) is 35.9 Å². The lowest BCUT2D eigenvalue weighted by Gasteiger charge is -2.22. The van der Waals surface area contributed by atoms with Crippen molar-refractivity contribution in [3.63, 3.8) is 0 Å². The molecule has 2 aromatic carbocycles. The molecule has 0 aromatic heterocycles. The molecule has 0 spiro atoms. The van der Waals surface area contributed by atoms with Crippen molar-refractivity contribution in [3.05, 3.63) is 59.2 Å². The monoisotopic (exact) mass is 300 g/mol. The average molecular weight is 300 g/mol. The van der Waals surface area contributed by atoms with Crippen LogP contribution in [0.25, 0.3) is 0 Å². The van der Waals surface area contributed by atoms with E-state index in [0.29, 0.717) is 5.75 Å². The third-order valence-corrected chi connectivity index (χ3v) is 4.84. The predicted molar refractivity (Wildman–Crippen MR) is 87.1 cm³/mol. The Hall–Kier alpha value is -1.45. The van der Waals surface area contributed by atoms with Crippen molar-refractivity contribution >= 4 is 11.8 Å². The molecular weight excluding hydrogens is 280 g/mol. The molecule has 1 aliphatic heterocycles. The quantitative estimate of drug-likeness (QED) is 0.860. The Labute approximate surface area is 130 Å². The van der Waals surface area contributed by atoms with E-state index in [1.54, 1.807) is 11.8 Å². The smallest absolute Gasteiger partial charge is 0.128 e. The van der Waals surface area contributed by atoms with Crippen molar-refractivity contribution < 1.29 is 9.84 Å². The Kier molecular flexibility index (Phi) is 4.51. The van der Waals surface area contributed by atoms with Crippen LogP contribution in [0.15, 0.2) is 47.4 Å². The molecule has 1 aliphatic rings. The number of aliphatic hydroxyl groups is 1. The van der Waals surface area contributed by atoms with E-state index in [2.05, 4.69) is 37.3 Å². The molecule has 2 nitrogen and oxygen atoms in total. The average Bonchev–Trinajstić information content (AvgIpc) is 2.53. The van der Waals surface area contributed by atoms with Gasteiger partial charge >= 0.3 is 0 Å². The highest BCUT2D eigenvalue weighted by molar-refractivity contribution is 7.99. The molecule has 3 heteroatoms. The zero-order valence-electron chi connectivity index (χ0n) is 12.2. The molecule has 0 saturated heterocycles. The Bertz CT molecular complexity index is 607. The maximum absolute atomic E-state index is 10.5. The highest BCUT2D eigenvalue weighted by Crippen LogP contribution is 2.35. The second-order valence-electron chi connectivity index (χ2n) is 5.43. The van der Waals surface area contributed by atoms with Gasteiger partial charge in [-0.05, 0) is 37.5 Å². The summed E-state index contributed by atoms with van der Waals surface area (Å²) in [6.45, 7) is 2.83. The van der Waals surface area contributed by atoms with Crippen molar-refractivity contribution in [3.8, 4) is 5.75 Å². The van der Waals surface area contributed by atoms with Crippen molar-refractivity contribution in [2.75, 3.05) is 12.4 Å². The predicted octanol–water partition coefficient (Wildman–Crippen LogP) is 4.15. The molecule has 0 radical (unpaired) electrons. The number of hydrogen-bond acceptors (Lipinski definition) is 3. The van der Waals surface area contributed by atoms with Gasteiger partial charge in [0.25, 0.3) is 0 Å². The number of para-hydroxylation sites is 1. The van der Waals surface area contributed by atoms with Crippen LogP contribution in [0, 0.1) is 6.92 Å². The molecule has 0 bridgehead atoms. The number of benzene rings is 2. The van der Waals surface area contributed by atoms with Crippen molar-refractivity contribution in [2.45, 2.75) is 30.8 Å². The minimum Gasteiger partial charge on any atom is -0.493 e. The highest BCUT2D eigenvalue weighted by atomic mass is 32.2. The highest BCUT2D eigenvalue weighted by Gasteiger charge is 2.19. The fourth-order valence-corrected chi connectivity index (χ4v) is 3.43. The van der Waals surface area contributed by atoms with E-state index < -0.39 is 6.10 Å². The lowest BCUT2D eigenvalue weighted by Crippen LogP contribution is -2.13. The number of rotatable bonds is 4. The Balaban J connectivity index is 1.70. The first-order chi connectivity index (χ1) is 10.2. The van der Waals surface area contributed by atoms with Crippen LogP contribution in [-0.2, 0) is 6.42 Å². The molecule has 1 unspecified atom stereocenters. The summed E-state index contributed by atoms with van der Waals surface area (Å²) in [5, 5.41) is 10.5. The summed E-state index contributed by atoms with van der Waals surface area (Å²) in [7, 11) is 0. The van der Waals surface area contributed by atoms with Crippen LogP contribution in [0.3, 0.4) is 0 Å². The molecular formula is C18H20O2S. The van der Waals surface area contributed by atoms with Crippen molar-refractivity contribution in [2.24, 2.45) is 0 Å². The first-order valence-electron chi connectivity index (χ1n) is 7.36. The molecule has 1 N–H and O–H groups in total. The molecule has 0 fully saturated rings. The SMILES string of the molecule is Cc1ccc(SCC(O)c2cccc3c2OCCC3)cc1. The van der Waals surface area contributed by atoms with Crippen LogP contribution in [0.2, 0.25) is 0 Å². The van der Waals surface area contributed by atoms with E-state index >= 15 is 0 Å². The minimum atomic E-state index is -0.496. The van der Waals surface area contributed by atoms with Gasteiger partial charge in [-0.3, -0.25) is 0 Å². The van der Waals surface area contributed by atoms with Gasteiger partial charge in [0.15, 0.2) is 0 Å². The van der Waals surface area contributed by atoms with Gasteiger partial charge in [0.05, 0.1) is 12.7 Å². The van der Waals surface area contributed by atoms with Gasteiger partial charge in [-0.25, -0.2) is 0 Å². The topological polar surface area (TPSA) is 29.5 Å². The second kappa shape index (κ2) is 6.54. The number of ether oxygens (including phenoxy) is 1. The van der Waals surface area contributed by atoms with Gasteiger partial charge in [-0.2, -0.15) is 0 Å². The summed E-state index contributed by atoms with van der Waals surface area (Å²) in [6.07, 6.45) is 1.61. The van der Waals surface area contributed by atoms with Crippen LogP contribution in [-0.4, -0.2) is 17.5 Å². The number of hydrogen-bond donors (Lipinski definition) is 1. The Morgan fingerprint density at radius 2 is 2.00 bits per heavy atom. The third kappa shape index (κ3) is 3.42. The standard InChI is InChI=1S/C18H20O2S/c1-13-7-9-15(10-8-13)21-12-17(19)16-6-2-4-14-5-3-11-20-18(14)16/h2,4,6-10,17,19H,3,5,11-12H2,1H3. The third-order valence-electron chi connectivity index (χ3n) is 3.75. The van der Waals surface area contributed by atoms with Gasteiger partial charge < -0.3 is 9.84 Å². The lowest BCUT2D eigenvalue weighted by atomic mass is 10.00. The fourth-order valence-electron chi connectivity index (χ4n) is 2.58. The van der Waals surface area contributed by atoms with E-state index in [1.165, 1.54) is 16.0 Å². The number of thioether (sulfide) groups is 1. The Morgan fingerprint density at radius 3 is 2.81 bits per heavy atom. The summed E-state index contributed by atoms with van der Waals surface area (Å²) in [4.78, 5) is 1.19. The van der Waals surface area contributed by atoms with Gasteiger partial charge in [0.2, 0.25) is 0 Å². The molecule has 0 saturated carbocycles. The van der Waals surface area contributed by atoms with E-state index in [-0.39, 0.29) is 0 Å².